The third-order valence-electron chi connectivity index (χ3n) is 4.75. The fourth-order valence-electron chi connectivity index (χ4n) is 2.89. The minimum Gasteiger partial charge on any atom is -0.316 e. The second kappa shape index (κ2) is 6.75. The number of hydrogen-bond donors (Lipinski definition) is 1. The van der Waals surface area contributed by atoms with Crippen molar-refractivity contribution in [2.75, 3.05) is 32.7 Å². The Morgan fingerprint density at radius 3 is 2.35 bits per heavy atom. The summed E-state index contributed by atoms with van der Waals surface area (Å²) in [4.78, 5) is 2.67. The van der Waals surface area contributed by atoms with Crippen molar-refractivity contribution in [2.45, 2.75) is 47.5 Å². The third kappa shape index (κ3) is 3.96. The molecule has 0 aromatic carbocycles. The van der Waals surface area contributed by atoms with Gasteiger partial charge in [-0.3, -0.25) is 0 Å². The molecule has 1 heterocycles. The summed E-state index contributed by atoms with van der Waals surface area (Å²) in [5, 5.41) is 3.56. The van der Waals surface area contributed by atoms with Crippen molar-refractivity contribution in [3.05, 3.63) is 0 Å². The van der Waals surface area contributed by atoms with Gasteiger partial charge in [0.1, 0.15) is 0 Å². The Labute approximate surface area is 108 Å². The van der Waals surface area contributed by atoms with Crippen LogP contribution in [0.4, 0.5) is 0 Å². The Bertz CT molecular complexity index is 207. The predicted molar refractivity (Wildman–Crippen MR) is 76.3 cm³/mol. The van der Waals surface area contributed by atoms with E-state index in [0.717, 1.165) is 11.8 Å². The maximum Gasteiger partial charge on any atom is 0.00531 e. The molecule has 102 valence electrons. The lowest BCUT2D eigenvalue weighted by atomic mass is 9.76. The molecule has 1 aliphatic rings. The van der Waals surface area contributed by atoms with Crippen LogP contribution in [0, 0.1) is 17.3 Å². The molecule has 2 unspecified atom stereocenters. The molecule has 0 radical (unpaired) electrons. The van der Waals surface area contributed by atoms with Gasteiger partial charge in [-0.25, -0.2) is 0 Å². The normalized spacial score (nSPS) is 27.0. The maximum atomic E-state index is 3.56. The van der Waals surface area contributed by atoms with Crippen LogP contribution in [0.15, 0.2) is 0 Å². The Morgan fingerprint density at radius 1 is 1.24 bits per heavy atom. The van der Waals surface area contributed by atoms with E-state index in [2.05, 4.69) is 44.8 Å². The third-order valence-corrected chi connectivity index (χ3v) is 4.75. The van der Waals surface area contributed by atoms with E-state index in [1.54, 1.807) is 0 Å². The second-order valence-corrected chi connectivity index (χ2v) is 6.29. The summed E-state index contributed by atoms with van der Waals surface area (Å²) in [6, 6.07) is 0. The van der Waals surface area contributed by atoms with E-state index >= 15 is 0 Å². The van der Waals surface area contributed by atoms with Crippen molar-refractivity contribution in [3.63, 3.8) is 0 Å². The highest BCUT2D eigenvalue weighted by molar-refractivity contribution is 4.92. The van der Waals surface area contributed by atoms with E-state index in [9.17, 15) is 0 Å². The maximum absolute atomic E-state index is 3.56. The first kappa shape index (κ1) is 15.0. The number of hydrogen-bond acceptors (Lipinski definition) is 2. The molecular weight excluding hydrogens is 208 g/mol. The van der Waals surface area contributed by atoms with Gasteiger partial charge in [0.2, 0.25) is 0 Å². The summed E-state index contributed by atoms with van der Waals surface area (Å²) in [6.07, 6.45) is 2.64. The van der Waals surface area contributed by atoms with E-state index < -0.39 is 0 Å². The van der Waals surface area contributed by atoms with Crippen LogP contribution in [0.2, 0.25) is 0 Å². The van der Waals surface area contributed by atoms with Gasteiger partial charge in [0.25, 0.3) is 0 Å². The average Bonchev–Trinajstić information content (AvgIpc) is 2.77. The Morgan fingerprint density at radius 2 is 1.94 bits per heavy atom. The zero-order valence-electron chi connectivity index (χ0n) is 12.6. The van der Waals surface area contributed by atoms with Gasteiger partial charge in [0, 0.05) is 19.6 Å². The van der Waals surface area contributed by atoms with E-state index in [1.165, 1.54) is 45.6 Å². The molecule has 0 amide bonds. The molecular formula is C15H32N2. The van der Waals surface area contributed by atoms with Crippen molar-refractivity contribution < 1.29 is 0 Å². The highest BCUT2D eigenvalue weighted by atomic mass is 15.1. The van der Waals surface area contributed by atoms with E-state index in [0.29, 0.717) is 5.41 Å². The van der Waals surface area contributed by atoms with Gasteiger partial charge in [-0.1, -0.05) is 41.0 Å². The van der Waals surface area contributed by atoms with Crippen LogP contribution < -0.4 is 5.32 Å². The monoisotopic (exact) mass is 240 g/mol. The SMILES string of the molecule is CCC(C)CN(CC)CC1(C(C)C)CCNC1. The van der Waals surface area contributed by atoms with E-state index in [-0.39, 0.29) is 0 Å². The molecule has 0 bridgehead atoms. The van der Waals surface area contributed by atoms with Gasteiger partial charge in [-0.2, -0.15) is 0 Å². The minimum atomic E-state index is 0.517. The minimum absolute atomic E-state index is 0.517. The molecule has 1 saturated heterocycles. The number of rotatable bonds is 7. The zero-order chi connectivity index (χ0) is 12.9. The summed E-state index contributed by atoms with van der Waals surface area (Å²) < 4.78 is 0. The largest absolute Gasteiger partial charge is 0.316 e. The summed E-state index contributed by atoms with van der Waals surface area (Å²) in [5.74, 6) is 1.61. The van der Waals surface area contributed by atoms with Gasteiger partial charge >= 0.3 is 0 Å². The van der Waals surface area contributed by atoms with Crippen LogP contribution in [0.5, 0.6) is 0 Å². The highest BCUT2D eigenvalue weighted by Crippen LogP contribution is 2.35. The van der Waals surface area contributed by atoms with Crippen LogP contribution in [-0.2, 0) is 0 Å². The van der Waals surface area contributed by atoms with Crippen molar-refractivity contribution in [2.24, 2.45) is 17.3 Å². The van der Waals surface area contributed by atoms with E-state index in [1.807, 2.05) is 0 Å². The first-order valence-electron chi connectivity index (χ1n) is 7.47. The Hall–Kier alpha value is -0.0800. The van der Waals surface area contributed by atoms with Gasteiger partial charge in [-0.05, 0) is 36.8 Å². The molecule has 1 rings (SSSR count). The van der Waals surface area contributed by atoms with Gasteiger partial charge in [0.05, 0.1) is 0 Å². The first-order valence-corrected chi connectivity index (χ1v) is 7.47. The van der Waals surface area contributed by atoms with Crippen LogP contribution in [0.3, 0.4) is 0 Å². The average molecular weight is 240 g/mol. The zero-order valence-corrected chi connectivity index (χ0v) is 12.6. The standard InChI is InChI=1S/C15H32N2/c1-6-14(5)10-17(7-2)12-15(13(3)4)8-9-16-11-15/h13-14,16H,6-12H2,1-5H3. The van der Waals surface area contributed by atoms with Crippen molar-refractivity contribution in [3.8, 4) is 0 Å². The lowest BCUT2D eigenvalue weighted by Crippen LogP contribution is -2.44. The van der Waals surface area contributed by atoms with Crippen LogP contribution in [0.1, 0.15) is 47.5 Å². The quantitative estimate of drug-likeness (QED) is 0.736. The lowest BCUT2D eigenvalue weighted by Gasteiger charge is -2.38. The molecule has 1 N–H and O–H groups in total. The summed E-state index contributed by atoms with van der Waals surface area (Å²) in [5.41, 5.74) is 0.517. The van der Waals surface area contributed by atoms with Gasteiger partial charge in [-0.15, -0.1) is 0 Å². The Kier molecular flexibility index (Phi) is 5.94. The van der Waals surface area contributed by atoms with Gasteiger partial charge < -0.3 is 10.2 Å². The topological polar surface area (TPSA) is 15.3 Å². The molecule has 1 fully saturated rings. The molecule has 1 aliphatic heterocycles. The molecule has 2 heteroatoms. The van der Waals surface area contributed by atoms with Crippen LogP contribution in [0.25, 0.3) is 0 Å². The van der Waals surface area contributed by atoms with Crippen molar-refractivity contribution in [1.29, 1.82) is 0 Å². The number of nitrogens with one attached hydrogen (secondary N) is 1. The summed E-state index contributed by atoms with van der Waals surface area (Å²) >= 11 is 0. The molecule has 0 aromatic rings. The fourth-order valence-corrected chi connectivity index (χ4v) is 2.89. The second-order valence-electron chi connectivity index (χ2n) is 6.29. The lowest BCUT2D eigenvalue weighted by molar-refractivity contribution is 0.110. The molecule has 2 nitrogen and oxygen atoms in total. The van der Waals surface area contributed by atoms with Crippen molar-refractivity contribution in [1.82, 2.24) is 10.2 Å². The molecule has 0 aromatic heterocycles. The van der Waals surface area contributed by atoms with Crippen LogP contribution >= 0.6 is 0 Å². The molecule has 2 atom stereocenters. The van der Waals surface area contributed by atoms with E-state index in [4.69, 9.17) is 0 Å². The number of nitrogens with zero attached hydrogens (tertiary/aromatic N) is 1. The predicted octanol–water partition coefficient (Wildman–Crippen LogP) is 2.99. The molecule has 17 heavy (non-hydrogen) atoms. The van der Waals surface area contributed by atoms with Crippen LogP contribution in [-0.4, -0.2) is 37.6 Å². The summed E-state index contributed by atoms with van der Waals surface area (Å²) in [6.45, 7) is 17.9. The fraction of sp³-hybridized carbons (Fsp3) is 1.00. The van der Waals surface area contributed by atoms with Crippen molar-refractivity contribution >= 4 is 0 Å². The summed E-state index contributed by atoms with van der Waals surface area (Å²) in [7, 11) is 0. The van der Waals surface area contributed by atoms with Gasteiger partial charge in [0.15, 0.2) is 0 Å². The molecule has 0 saturated carbocycles. The smallest absolute Gasteiger partial charge is 0.00531 e. The first-order chi connectivity index (χ1) is 8.04. The molecule has 0 aliphatic carbocycles. The highest BCUT2D eigenvalue weighted by Gasteiger charge is 2.38. The molecule has 0 spiro atoms. The Balaban J connectivity index is 2.58.